The topological polar surface area (TPSA) is 23.6 Å². The molecule has 0 spiro atoms. The summed E-state index contributed by atoms with van der Waals surface area (Å²) in [6, 6.07) is 10.2. The van der Waals surface area contributed by atoms with Crippen molar-refractivity contribution in [2.45, 2.75) is 32.6 Å². The maximum absolute atomic E-state index is 12.8. The zero-order valence-corrected chi connectivity index (χ0v) is 12.7. The molecule has 1 amide bonds. The fraction of sp³-hybridized carbons (Fsp3) is 0.588. The number of carbonyl (C=O) groups excluding carboxylic acids is 1. The third kappa shape index (κ3) is 3.60. The highest BCUT2D eigenvalue weighted by Gasteiger charge is 2.25. The first-order chi connectivity index (χ1) is 9.76. The minimum absolute atomic E-state index is 0.0179. The van der Waals surface area contributed by atoms with E-state index in [2.05, 4.69) is 35.8 Å². The van der Waals surface area contributed by atoms with Crippen molar-refractivity contribution in [2.75, 3.05) is 32.7 Å². The van der Waals surface area contributed by atoms with Crippen molar-refractivity contribution in [3.8, 4) is 0 Å². The normalized spacial score (nSPS) is 18.6. The molecule has 1 fully saturated rings. The third-order valence-electron chi connectivity index (χ3n) is 4.26. The number of hydrogen-bond acceptors (Lipinski definition) is 2. The van der Waals surface area contributed by atoms with E-state index in [0.717, 1.165) is 51.1 Å². The van der Waals surface area contributed by atoms with Crippen LogP contribution in [0.3, 0.4) is 0 Å². The maximum atomic E-state index is 12.8. The molecule has 1 heterocycles. The lowest BCUT2D eigenvalue weighted by atomic mass is 9.95. The van der Waals surface area contributed by atoms with Crippen LogP contribution in [0.2, 0.25) is 0 Å². The second-order valence-electron chi connectivity index (χ2n) is 5.48. The van der Waals surface area contributed by atoms with Crippen LogP contribution in [-0.4, -0.2) is 48.4 Å². The molecule has 1 aromatic carbocycles. The molecule has 1 aromatic rings. The summed E-state index contributed by atoms with van der Waals surface area (Å²) in [6.45, 7) is 9.27. The average Bonchev–Trinajstić information content (AvgIpc) is 2.74. The van der Waals surface area contributed by atoms with Crippen molar-refractivity contribution in [1.29, 1.82) is 0 Å². The van der Waals surface area contributed by atoms with Gasteiger partial charge in [-0.1, -0.05) is 44.2 Å². The fourth-order valence-corrected chi connectivity index (χ4v) is 2.97. The van der Waals surface area contributed by atoms with Gasteiger partial charge in [0.25, 0.3) is 0 Å². The Labute approximate surface area is 122 Å². The van der Waals surface area contributed by atoms with Crippen LogP contribution in [0.5, 0.6) is 0 Å². The van der Waals surface area contributed by atoms with E-state index in [-0.39, 0.29) is 5.92 Å². The fourth-order valence-electron chi connectivity index (χ4n) is 2.97. The van der Waals surface area contributed by atoms with Crippen molar-refractivity contribution < 1.29 is 4.79 Å². The third-order valence-corrected chi connectivity index (χ3v) is 4.26. The molecular weight excluding hydrogens is 248 g/mol. The molecule has 0 aliphatic carbocycles. The summed E-state index contributed by atoms with van der Waals surface area (Å²) >= 11 is 0. The number of rotatable bonds is 4. The highest BCUT2D eigenvalue weighted by Crippen LogP contribution is 2.22. The Kier molecular flexibility index (Phi) is 5.60. The number of hydrogen-bond donors (Lipinski definition) is 0. The van der Waals surface area contributed by atoms with Crippen LogP contribution >= 0.6 is 0 Å². The molecule has 0 bridgehead atoms. The molecule has 0 unspecified atom stereocenters. The highest BCUT2D eigenvalue weighted by molar-refractivity contribution is 5.83. The van der Waals surface area contributed by atoms with E-state index in [0.29, 0.717) is 5.91 Å². The molecule has 20 heavy (non-hydrogen) atoms. The predicted molar refractivity (Wildman–Crippen MR) is 82.8 cm³/mol. The molecule has 2 rings (SSSR count). The van der Waals surface area contributed by atoms with Crippen LogP contribution in [0.1, 0.15) is 38.2 Å². The van der Waals surface area contributed by atoms with E-state index in [9.17, 15) is 4.79 Å². The molecule has 0 radical (unpaired) electrons. The molecule has 110 valence electrons. The number of amides is 1. The van der Waals surface area contributed by atoms with Gasteiger partial charge >= 0.3 is 0 Å². The van der Waals surface area contributed by atoms with Crippen LogP contribution in [-0.2, 0) is 4.79 Å². The lowest BCUT2D eigenvalue weighted by molar-refractivity contribution is -0.132. The monoisotopic (exact) mass is 274 g/mol. The summed E-state index contributed by atoms with van der Waals surface area (Å²) in [6.07, 6.45) is 1.96. The van der Waals surface area contributed by atoms with Crippen LogP contribution < -0.4 is 0 Å². The van der Waals surface area contributed by atoms with Crippen LogP contribution in [0.25, 0.3) is 0 Å². The molecule has 3 heteroatoms. The summed E-state index contributed by atoms with van der Waals surface area (Å²) in [4.78, 5) is 17.3. The van der Waals surface area contributed by atoms with Crippen molar-refractivity contribution in [3.05, 3.63) is 35.9 Å². The van der Waals surface area contributed by atoms with Crippen LogP contribution in [0, 0.1) is 0 Å². The van der Waals surface area contributed by atoms with Gasteiger partial charge in [-0.25, -0.2) is 0 Å². The lowest BCUT2D eigenvalue weighted by Gasteiger charge is -2.26. The van der Waals surface area contributed by atoms with Gasteiger partial charge in [-0.05, 0) is 31.5 Å². The first-order valence-corrected chi connectivity index (χ1v) is 7.82. The summed E-state index contributed by atoms with van der Waals surface area (Å²) in [5.74, 6) is 0.320. The van der Waals surface area contributed by atoms with Crippen molar-refractivity contribution in [2.24, 2.45) is 0 Å². The number of nitrogens with zero attached hydrogens (tertiary/aromatic N) is 2. The maximum Gasteiger partial charge on any atom is 0.230 e. The van der Waals surface area contributed by atoms with Crippen molar-refractivity contribution in [3.63, 3.8) is 0 Å². The molecule has 0 aromatic heterocycles. The Bertz CT molecular complexity index is 418. The minimum Gasteiger partial charge on any atom is -0.341 e. The Balaban J connectivity index is 2.05. The van der Waals surface area contributed by atoms with Gasteiger partial charge in [-0.2, -0.15) is 0 Å². The van der Waals surface area contributed by atoms with Crippen molar-refractivity contribution in [1.82, 2.24) is 9.80 Å². The van der Waals surface area contributed by atoms with Gasteiger partial charge in [0, 0.05) is 19.6 Å². The summed E-state index contributed by atoms with van der Waals surface area (Å²) in [5.41, 5.74) is 1.15. The second kappa shape index (κ2) is 7.44. The SMILES string of the molecule is CC[C@@H](C(=O)N1CCCN(CC)CC1)c1ccccc1. The largest absolute Gasteiger partial charge is 0.341 e. The minimum atomic E-state index is 0.0179. The highest BCUT2D eigenvalue weighted by atomic mass is 16.2. The van der Waals surface area contributed by atoms with Gasteiger partial charge < -0.3 is 9.80 Å². The zero-order chi connectivity index (χ0) is 14.4. The molecule has 1 aliphatic heterocycles. The predicted octanol–water partition coefficient (Wildman–Crippen LogP) is 2.73. The van der Waals surface area contributed by atoms with Gasteiger partial charge in [0.1, 0.15) is 0 Å². The van der Waals surface area contributed by atoms with E-state index < -0.39 is 0 Å². The van der Waals surface area contributed by atoms with E-state index in [4.69, 9.17) is 0 Å². The lowest BCUT2D eigenvalue weighted by Crippen LogP contribution is -2.38. The molecule has 3 nitrogen and oxygen atoms in total. The summed E-state index contributed by atoms with van der Waals surface area (Å²) in [5, 5.41) is 0. The molecule has 1 aliphatic rings. The van der Waals surface area contributed by atoms with Crippen molar-refractivity contribution >= 4 is 5.91 Å². The standard InChI is InChI=1S/C17H26N2O/c1-3-16(15-9-6-5-7-10-15)17(20)19-12-8-11-18(4-2)13-14-19/h5-7,9-10,16H,3-4,8,11-14H2,1-2H3/t16-/m1/s1. The smallest absolute Gasteiger partial charge is 0.230 e. The zero-order valence-electron chi connectivity index (χ0n) is 12.7. The van der Waals surface area contributed by atoms with E-state index in [1.807, 2.05) is 18.2 Å². The molecule has 1 saturated heterocycles. The number of carbonyl (C=O) groups is 1. The van der Waals surface area contributed by atoms with Gasteiger partial charge in [0.2, 0.25) is 5.91 Å². The Morgan fingerprint density at radius 1 is 1.10 bits per heavy atom. The van der Waals surface area contributed by atoms with Gasteiger partial charge in [-0.15, -0.1) is 0 Å². The second-order valence-corrected chi connectivity index (χ2v) is 5.48. The number of likely N-dealkylation sites (N-methyl/N-ethyl adjacent to an activating group) is 1. The Morgan fingerprint density at radius 3 is 2.50 bits per heavy atom. The van der Waals surface area contributed by atoms with E-state index >= 15 is 0 Å². The quantitative estimate of drug-likeness (QED) is 0.843. The molecule has 1 atom stereocenters. The van der Waals surface area contributed by atoms with Gasteiger partial charge in [0.05, 0.1) is 5.92 Å². The van der Waals surface area contributed by atoms with E-state index in [1.165, 1.54) is 0 Å². The van der Waals surface area contributed by atoms with E-state index in [1.54, 1.807) is 0 Å². The molecule has 0 saturated carbocycles. The van der Waals surface area contributed by atoms with Gasteiger partial charge in [-0.3, -0.25) is 4.79 Å². The van der Waals surface area contributed by atoms with Crippen LogP contribution in [0.15, 0.2) is 30.3 Å². The number of benzene rings is 1. The van der Waals surface area contributed by atoms with Gasteiger partial charge in [0.15, 0.2) is 0 Å². The Morgan fingerprint density at radius 2 is 1.85 bits per heavy atom. The van der Waals surface area contributed by atoms with Crippen LogP contribution in [0.4, 0.5) is 0 Å². The average molecular weight is 274 g/mol. The molecular formula is C17H26N2O. The Hall–Kier alpha value is -1.35. The summed E-state index contributed by atoms with van der Waals surface area (Å²) < 4.78 is 0. The molecule has 0 N–H and O–H groups in total. The first-order valence-electron chi connectivity index (χ1n) is 7.82. The summed E-state index contributed by atoms with van der Waals surface area (Å²) in [7, 11) is 0. The first kappa shape index (κ1) is 15.0.